The molecule has 1 unspecified atom stereocenters. The van der Waals surface area contributed by atoms with E-state index in [1.54, 1.807) is 13.2 Å². The van der Waals surface area contributed by atoms with Crippen molar-refractivity contribution in [1.29, 1.82) is 0 Å². The van der Waals surface area contributed by atoms with Gasteiger partial charge in [-0.2, -0.15) is 0 Å². The van der Waals surface area contributed by atoms with E-state index in [2.05, 4.69) is 0 Å². The maximum Gasteiger partial charge on any atom is 0.175 e. The number of methoxy groups -OCH3 is 1. The molecule has 0 aromatic heterocycles. The zero-order valence-electron chi connectivity index (χ0n) is 10.8. The van der Waals surface area contributed by atoms with Gasteiger partial charge >= 0.3 is 0 Å². The third kappa shape index (κ3) is 2.32. The summed E-state index contributed by atoms with van der Waals surface area (Å²) in [6, 6.07) is 5.77. The van der Waals surface area contributed by atoms with Gasteiger partial charge in [0.25, 0.3) is 0 Å². The van der Waals surface area contributed by atoms with Crippen molar-refractivity contribution in [1.82, 2.24) is 0 Å². The van der Waals surface area contributed by atoms with Crippen molar-refractivity contribution < 1.29 is 19.3 Å². The molecule has 0 aliphatic carbocycles. The molecule has 0 bridgehead atoms. The molecule has 2 aliphatic rings. The molecule has 0 saturated carbocycles. The van der Waals surface area contributed by atoms with Crippen LogP contribution in [0.25, 0.3) is 6.08 Å². The Bertz CT molecular complexity index is 482. The lowest BCUT2D eigenvalue weighted by Gasteiger charge is -2.34. The molecule has 1 aromatic carbocycles. The number of hydrogen-bond donors (Lipinski definition) is 1. The van der Waals surface area contributed by atoms with Crippen LogP contribution in [0.1, 0.15) is 5.56 Å². The number of fused-ring (bicyclic) bond motifs is 1. The van der Waals surface area contributed by atoms with Crippen LogP contribution in [0, 0.1) is 0 Å². The highest BCUT2D eigenvalue weighted by molar-refractivity contribution is 5.76. The standard InChI is InChI=1S/C14H17NO4/c1-17-12-4-2-3-11-10(12)5-6-13(16)15(11)9-14-18-7-8-19-14/h2-6,13-14,16H,7-9H2,1H3. The number of benzene rings is 1. The van der Waals surface area contributed by atoms with Gasteiger partial charge in [0.2, 0.25) is 0 Å². The van der Waals surface area contributed by atoms with E-state index >= 15 is 0 Å². The number of nitrogens with zero attached hydrogens (tertiary/aromatic N) is 1. The van der Waals surface area contributed by atoms with Gasteiger partial charge in [-0.3, -0.25) is 0 Å². The predicted octanol–water partition coefficient (Wildman–Crippen LogP) is 1.22. The minimum absolute atomic E-state index is 0.291. The fraction of sp³-hybridized carbons (Fsp3) is 0.429. The van der Waals surface area contributed by atoms with E-state index in [4.69, 9.17) is 14.2 Å². The highest BCUT2D eigenvalue weighted by Crippen LogP contribution is 2.35. The Hall–Kier alpha value is -1.56. The zero-order chi connectivity index (χ0) is 13.2. The second-order valence-electron chi connectivity index (χ2n) is 4.49. The van der Waals surface area contributed by atoms with Crippen molar-refractivity contribution in [3.8, 4) is 5.75 Å². The first-order valence-corrected chi connectivity index (χ1v) is 6.32. The molecule has 19 heavy (non-hydrogen) atoms. The fourth-order valence-electron chi connectivity index (χ4n) is 2.44. The second-order valence-corrected chi connectivity index (χ2v) is 4.49. The van der Waals surface area contributed by atoms with Gasteiger partial charge in [0, 0.05) is 5.56 Å². The molecule has 0 amide bonds. The van der Waals surface area contributed by atoms with Crippen LogP contribution in [0.15, 0.2) is 24.3 Å². The van der Waals surface area contributed by atoms with Crippen molar-refractivity contribution in [2.45, 2.75) is 12.5 Å². The minimum Gasteiger partial charge on any atom is -0.496 e. The van der Waals surface area contributed by atoms with E-state index in [9.17, 15) is 5.11 Å². The first-order chi connectivity index (χ1) is 9.29. The predicted molar refractivity (Wildman–Crippen MR) is 71.1 cm³/mol. The molecule has 1 fully saturated rings. The van der Waals surface area contributed by atoms with Crippen LogP contribution in [0.4, 0.5) is 5.69 Å². The molecule has 2 aliphatic heterocycles. The van der Waals surface area contributed by atoms with Gasteiger partial charge in [0.05, 0.1) is 32.6 Å². The second kappa shape index (κ2) is 5.21. The molecule has 0 spiro atoms. The molecule has 1 saturated heterocycles. The summed E-state index contributed by atoms with van der Waals surface area (Å²) >= 11 is 0. The summed E-state index contributed by atoms with van der Waals surface area (Å²) in [4.78, 5) is 1.86. The maximum absolute atomic E-state index is 10.1. The Morgan fingerprint density at radius 2 is 2.16 bits per heavy atom. The number of aliphatic hydroxyl groups is 1. The molecule has 2 heterocycles. The zero-order valence-corrected chi connectivity index (χ0v) is 10.8. The Kier molecular flexibility index (Phi) is 3.42. The number of anilines is 1. The summed E-state index contributed by atoms with van der Waals surface area (Å²) in [5, 5.41) is 10.1. The number of aliphatic hydroxyl groups excluding tert-OH is 1. The molecule has 102 valence electrons. The summed E-state index contributed by atoms with van der Waals surface area (Å²) in [6.45, 7) is 1.70. The average Bonchev–Trinajstić information content (AvgIpc) is 2.94. The van der Waals surface area contributed by atoms with Gasteiger partial charge in [-0.1, -0.05) is 6.07 Å². The van der Waals surface area contributed by atoms with E-state index in [-0.39, 0.29) is 6.29 Å². The van der Waals surface area contributed by atoms with Gasteiger partial charge in [-0.25, -0.2) is 0 Å². The van der Waals surface area contributed by atoms with Gasteiger partial charge < -0.3 is 24.2 Å². The normalized spacial score (nSPS) is 22.6. The van der Waals surface area contributed by atoms with Crippen LogP contribution in [0.5, 0.6) is 5.75 Å². The first-order valence-electron chi connectivity index (χ1n) is 6.32. The molecule has 1 atom stereocenters. The van der Waals surface area contributed by atoms with Gasteiger partial charge in [0.1, 0.15) is 12.0 Å². The quantitative estimate of drug-likeness (QED) is 0.888. The lowest BCUT2D eigenvalue weighted by atomic mass is 10.1. The van der Waals surface area contributed by atoms with E-state index in [1.165, 1.54) is 0 Å². The molecular weight excluding hydrogens is 246 g/mol. The molecule has 0 radical (unpaired) electrons. The van der Waals surface area contributed by atoms with Crippen molar-refractivity contribution in [3.05, 3.63) is 29.8 Å². The van der Waals surface area contributed by atoms with Gasteiger partial charge in [-0.15, -0.1) is 0 Å². The summed E-state index contributed by atoms with van der Waals surface area (Å²) in [5.41, 5.74) is 1.89. The van der Waals surface area contributed by atoms with Crippen molar-refractivity contribution in [3.63, 3.8) is 0 Å². The van der Waals surface area contributed by atoms with E-state index in [1.807, 2.05) is 29.2 Å². The van der Waals surface area contributed by atoms with Crippen LogP contribution < -0.4 is 9.64 Å². The molecule has 5 heteroatoms. The summed E-state index contributed by atoms with van der Waals surface area (Å²) in [7, 11) is 1.64. The monoisotopic (exact) mass is 263 g/mol. The van der Waals surface area contributed by atoms with Crippen LogP contribution >= 0.6 is 0 Å². The lowest BCUT2D eigenvalue weighted by Crippen LogP contribution is -2.41. The van der Waals surface area contributed by atoms with Crippen LogP contribution in [-0.2, 0) is 9.47 Å². The van der Waals surface area contributed by atoms with E-state index in [0.717, 1.165) is 17.0 Å². The molecule has 1 N–H and O–H groups in total. The Balaban J connectivity index is 1.90. The van der Waals surface area contributed by atoms with Gasteiger partial charge in [0.15, 0.2) is 6.29 Å². The van der Waals surface area contributed by atoms with Crippen molar-refractivity contribution >= 4 is 11.8 Å². The Morgan fingerprint density at radius 1 is 1.37 bits per heavy atom. The summed E-state index contributed by atoms with van der Waals surface area (Å²) < 4.78 is 16.2. The highest BCUT2D eigenvalue weighted by Gasteiger charge is 2.27. The third-order valence-corrected chi connectivity index (χ3v) is 3.36. The van der Waals surface area contributed by atoms with Crippen LogP contribution in [0.2, 0.25) is 0 Å². The summed E-state index contributed by atoms with van der Waals surface area (Å²) in [6.07, 6.45) is 2.65. The highest BCUT2D eigenvalue weighted by atomic mass is 16.7. The fourth-order valence-corrected chi connectivity index (χ4v) is 2.44. The minimum atomic E-state index is -0.674. The smallest absolute Gasteiger partial charge is 0.175 e. The molecule has 3 rings (SSSR count). The topological polar surface area (TPSA) is 51.2 Å². The van der Waals surface area contributed by atoms with Crippen LogP contribution in [0.3, 0.4) is 0 Å². The lowest BCUT2D eigenvalue weighted by molar-refractivity contribution is -0.0382. The number of rotatable bonds is 3. The number of ether oxygens (including phenoxy) is 3. The maximum atomic E-state index is 10.1. The molecular formula is C14H17NO4. The SMILES string of the molecule is COc1cccc2c1C=CC(O)N2CC1OCCO1. The van der Waals surface area contributed by atoms with Crippen LogP contribution in [-0.4, -0.2) is 44.5 Å². The van der Waals surface area contributed by atoms with Crippen molar-refractivity contribution in [2.24, 2.45) is 0 Å². The van der Waals surface area contributed by atoms with Gasteiger partial charge in [-0.05, 0) is 24.3 Å². The van der Waals surface area contributed by atoms with E-state index in [0.29, 0.717) is 19.8 Å². The third-order valence-electron chi connectivity index (χ3n) is 3.36. The van der Waals surface area contributed by atoms with E-state index < -0.39 is 6.23 Å². The Labute approximate surface area is 112 Å². The molecule has 5 nitrogen and oxygen atoms in total. The average molecular weight is 263 g/mol. The summed E-state index contributed by atoms with van der Waals surface area (Å²) in [5.74, 6) is 0.791. The number of hydrogen-bond acceptors (Lipinski definition) is 5. The largest absolute Gasteiger partial charge is 0.496 e. The first kappa shape index (κ1) is 12.5. The van der Waals surface area contributed by atoms with Crippen molar-refractivity contribution in [2.75, 3.05) is 31.8 Å². The Morgan fingerprint density at radius 3 is 2.89 bits per heavy atom. The molecule has 1 aromatic rings.